The number of nitrogens with one attached hydrogen (secondary N) is 1. The van der Waals surface area contributed by atoms with Crippen molar-refractivity contribution >= 4 is 0 Å². The smallest absolute Gasteiger partial charge is 0.123 e. The zero-order chi connectivity index (χ0) is 11.3. The second-order valence-electron chi connectivity index (χ2n) is 3.75. The van der Waals surface area contributed by atoms with Crippen molar-refractivity contribution < 1.29 is 4.39 Å². The minimum absolute atomic E-state index is 0.115. The molecule has 0 amide bonds. The van der Waals surface area contributed by atoms with Crippen molar-refractivity contribution in [2.45, 2.75) is 32.4 Å². The highest BCUT2D eigenvalue weighted by atomic mass is 19.1. The first-order valence-corrected chi connectivity index (χ1v) is 5.08. The van der Waals surface area contributed by atoms with E-state index >= 15 is 0 Å². The summed E-state index contributed by atoms with van der Waals surface area (Å²) in [5, 5.41) is 3.32. The molecule has 1 rings (SSSR count). The Labute approximate surface area is 90.7 Å². The first-order valence-electron chi connectivity index (χ1n) is 5.08. The van der Waals surface area contributed by atoms with Gasteiger partial charge in [0.25, 0.3) is 0 Å². The summed E-state index contributed by atoms with van der Waals surface area (Å²) in [5.41, 5.74) is 0.943. The molecule has 80 valence electrons. The first-order chi connectivity index (χ1) is 7.13. The van der Waals surface area contributed by atoms with Crippen molar-refractivity contribution in [3.8, 4) is 12.3 Å². The third kappa shape index (κ3) is 3.73. The molecular formula is C13H16FN. The van der Waals surface area contributed by atoms with Crippen LogP contribution >= 0.6 is 0 Å². The molecule has 0 bridgehead atoms. The van der Waals surface area contributed by atoms with Crippen molar-refractivity contribution in [3.63, 3.8) is 0 Å². The van der Waals surface area contributed by atoms with E-state index in [-0.39, 0.29) is 17.9 Å². The van der Waals surface area contributed by atoms with Gasteiger partial charge in [0.1, 0.15) is 5.82 Å². The summed E-state index contributed by atoms with van der Waals surface area (Å²) in [6.45, 7) is 4.03. The zero-order valence-electron chi connectivity index (χ0n) is 9.13. The molecule has 0 aliphatic rings. The average Bonchev–Trinajstić information content (AvgIpc) is 2.18. The molecular weight excluding hydrogens is 189 g/mol. The monoisotopic (exact) mass is 205 g/mol. The molecule has 2 atom stereocenters. The van der Waals surface area contributed by atoms with E-state index in [0.717, 1.165) is 5.56 Å². The topological polar surface area (TPSA) is 12.0 Å². The van der Waals surface area contributed by atoms with Gasteiger partial charge >= 0.3 is 0 Å². The predicted molar refractivity (Wildman–Crippen MR) is 60.9 cm³/mol. The van der Waals surface area contributed by atoms with Gasteiger partial charge < -0.3 is 5.32 Å². The summed E-state index contributed by atoms with van der Waals surface area (Å²) in [6.07, 6.45) is 5.90. The molecule has 0 fully saturated rings. The third-order valence-corrected chi connectivity index (χ3v) is 2.31. The van der Waals surface area contributed by atoms with Gasteiger partial charge in [-0.05, 0) is 31.5 Å². The van der Waals surface area contributed by atoms with Crippen LogP contribution in [0.5, 0.6) is 0 Å². The lowest BCUT2D eigenvalue weighted by Crippen LogP contribution is -2.28. The van der Waals surface area contributed by atoms with E-state index in [1.165, 1.54) is 6.07 Å². The highest BCUT2D eigenvalue weighted by Gasteiger charge is 2.08. The van der Waals surface area contributed by atoms with E-state index in [9.17, 15) is 4.39 Å². The summed E-state index contributed by atoms with van der Waals surface area (Å²) in [7, 11) is 0. The molecule has 1 nitrogen and oxygen atoms in total. The van der Waals surface area contributed by atoms with Crippen LogP contribution in [-0.2, 0) is 0 Å². The van der Waals surface area contributed by atoms with Crippen molar-refractivity contribution in [2.24, 2.45) is 0 Å². The fourth-order valence-electron chi connectivity index (χ4n) is 1.53. The molecule has 0 saturated carbocycles. The Balaban J connectivity index is 2.61. The van der Waals surface area contributed by atoms with Gasteiger partial charge in [0, 0.05) is 18.5 Å². The lowest BCUT2D eigenvalue weighted by molar-refractivity contribution is 0.484. The summed E-state index contributed by atoms with van der Waals surface area (Å²) >= 11 is 0. The molecule has 0 heterocycles. The molecule has 2 heteroatoms. The predicted octanol–water partition coefficient (Wildman–Crippen LogP) is 2.89. The molecule has 0 spiro atoms. The minimum Gasteiger partial charge on any atom is -0.307 e. The van der Waals surface area contributed by atoms with Crippen LogP contribution in [0.2, 0.25) is 0 Å². The molecule has 1 aromatic carbocycles. The second-order valence-corrected chi connectivity index (χ2v) is 3.75. The van der Waals surface area contributed by atoms with Crippen LogP contribution in [0.25, 0.3) is 0 Å². The normalized spacial score (nSPS) is 14.3. The van der Waals surface area contributed by atoms with Crippen molar-refractivity contribution in [1.29, 1.82) is 0 Å². The largest absolute Gasteiger partial charge is 0.307 e. The van der Waals surface area contributed by atoms with E-state index in [1.807, 2.05) is 19.9 Å². The van der Waals surface area contributed by atoms with Crippen LogP contribution in [0.1, 0.15) is 31.9 Å². The molecule has 1 N–H and O–H groups in total. The van der Waals surface area contributed by atoms with Crippen LogP contribution in [0.4, 0.5) is 4.39 Å². The van der Waals surface area contributed by atoms with Gasteiger partial charge in [0.05, 0.1) is 0 Å². The fourth-order valence-corrected chi connectivity index (χ4v) is 1.53. The van der Waals surface area contributed by atoms with Crippen molar-refractivity contribution in [2.75, 3.05) is 0 Å². The van der Waals surface area contributed by atoms with Gasteiger partial charge in [-0.1, -0.05) is 12.1 Å². The number of halogens is 1. The van der Waals surface area contributed by atoms with Crippen LogP contribution < -0.4 is 5.32 Å². The summed E-state index contributed by atoms with van der Waals surface area (Å²) < 4.78 is 13.0. The van der Waals surface area contributed by atoms with E-state index in [0.29, 0.717) is 6.42 Å². The standard InChI is InChI=1S/C13H16FN/c1-4-6-10(2)15-11(3)12-7-5-8-13(14)9-12/h1,5,7-11,15H,6H2,2-3H3. The number of hydrogen-bond acceptors (Lipinski definition) is 1. The maximum Gasteiger partial charge on any atom is 0.123 e. The molecule has 0 saturated heterocycles. The Bertz CT molecular complexity index is 354. The highest BCUT2D eigenvalue weighted by molar-refractivity contribution is 5.19. The maximum absolute atomic E-state index is 13.0. The van der Waals surface area contributed by atoms with E-state index in [4.69, 9.17) is 6.42 Å². The van der Waals surface area contributed by atoms with Gasteiger partial charge in [0.2, 0.25) is 0 Å². The summed E-state index contributed by atoms with van der Waals surface area (Å²) in [4.78, 5) is 0. The van der Waals surface area contributed by atoms with Crippen molar-refractivity contribution in [1.82, 2.24) is 5.32 Å². The Morgan fingerprint density at radius 2 is 2.20 bits per heavy atom. The molecule has 1 aromatic rings. The van der Waals surface area contributed by atoms with Crippen molar-refractivity contribution in [3.05, 3.63) is 35.6 Å². The molecule has 0 radical (unpaired) electrons. The molecule has 0 aliphatic carbocycles. The Morgan fingerprint density at radius 1 is 1.47 bits per heavy atom. The lowest BCUT2D eigenvalue weighted by atomic mass is 10.1. The number of hydrogen-bond donors (Lipinski definition) is 1. The Kier molecular flexibility index (Phi) is 4.33. The van der Waals surface area contributed by atoms with Gasteiger partial charge in [-0.15, -0.1) is 12.3 Å². The Hall–Kier alpha value is -1.33. The maximum atomic E-state index is 13.0. The molecule has 15 heavy (non-hydrogen) atoms. The van der Waals surface area contributed by atoms with E-state index in [2.05, 4.69) is 11.2 Å². The molecule has 2 unspecified atom stereocenters. The highest BCUT2D eigenvalue weighted by Crippen LogP contribution is 2.14. The average molecular weight is 205 g/mol. The van der Waals surface area contributed by atoms with Crippen LogP contribution in [0, 0.1) is 18.2 Å². The number of benzene rings is 1. The van der Waals surface area contributed by atoms with E-state index < -0.39 is 0 Å². The minimum atomic E-state index is -0.203. The third-order valence-electron chi connectivity index (χ3n) is 2.31. The SMILES string of the molecule is C#CCC(C)NC(C)c1cccc(F)c1. The van der Waals surface area contributed by atoms with Gasteiger partial charge in [0.15, 0.2) is 0 Å². The van der Waals surface area contributed by atoms with Gasteiger partial charge in [-0.3, -0.25) is 0 Å². The number of terminal acetylenes is 1. The second kappa shape index (κ2) is 5.53. The lowest BCUT2D eigenvalue weighted by Gasteiger charge is -2.18. The number of rotatable bonds is 4. The van der Waals surface area contributed by atoms with Crippen LogP contribution in [-0.4, -0.2) is 6.04 Å². The first kappa shape index (κ1) is 11.7. The molecule has 0 aliphatic heterocycles. The van der Waals surface area contributed by atoms with Gasteiger partial charge in [-0.25, -0.2) is 4.39 Å². The quantitative estimate of drug-likeness (QED) is 0.745. The molecule has 0 aromatic heterocycles. The van der Waals surface area contributed by atoms with Crippen LogP contribution in [0.15, 0.2) is 24.3 Å². The summed E-state index contributed by atoms with van der Waals surface area (Å²) in [6, 6.07) is 6.97. The fraction of sp³-hybridized carbons (Fsp3) is 0.385. The van der Waals surface area contributed by atoms with Gasteiger partial charge in [-0.2, -0.15) is 0 Å². The zero-order valence-corrected chi connectivity index (χ0v) is 9.13. The van der Waals surface area contributed by atoms with Crippen LogP contribution in [0.3, 0.4) is 0 Å². The Morgan fingerprint density at radius 3 is 2.80 bits per heavy atom. The van der Waals surface area contributed by atoms with E-state index in [1.54, 1.807) is 12.1 Å². The summed E-state index contributed by atoms with van der Waals surface area (Å²) in [5.74, 6) is 2.40.